The summed E-state index contributed by atoms with van der Waals surface area (Å²) in [4.78, 5) is 40.9. The van der Waals surface area contributed by atoms with Crippen molar-refractivity contribution in [2.24, 2.45) is 0 Å². The van der Waals surface area contributed by atoms with E-state index in [0.717, 1.165) is 38.0 Å². The molecule has 226 valence electrons. The Morgan fingerprint density at radius 3 is 2.29 bits per heavy atom. The van der Waals surface area contributed by atoms with Gasteiger partial charge in [-0.25, -0.2) is 0 Å². The van der Waals surface area contributed by atoms with Gasteiger partial charge < -0.3 is 16.0 Å². The van der Waals surface area contributed by atoms with Crippen molar-refractivity contribution < 1.29 is 14.4 Å². The summed E-state index contributed by atoms with van der Waals surface area (Å²) in [5.74, 6) is -0.927. The molecule has 0 aliphatic heterocycles. The molecular formula is C38H35N3O3S. The summed E-state index contributed by atoms with van der Waals surface area (Å²) in [6.07, 6.45) is 2.32. The number of nitrogens with one attached hydrogen (secondary N) is 3. The van der Waals surface area contributed by atoms with Gasteiger partial charge in [-0.1, -0.05) is 91.3 Å². The Morgan fingerprint density at radius 1 is 0.778 bits per heavy atom. The number of hydrogen-bond donors (Lipinski definition) is 3. The van der Waals surface area contributed by atoms with Crippen molar-refractivity contribution in [3.63, 3.8) is 0 Å². The molecule has 0 bridgehead atoms. The van der Waals surface area contributed by atoms with Gasteiger partial charge in [0, 0.05) is 21.8 Å². The fraction of sp³-hybridized carbons (Fsp3) is 0.132. The predicted octanol–water partition coefficient (Wildman–Crippen LogP) is 8.38. The monoisotopic (exact) mass is 613 g/mol. The van der Waals surface area contributed by atoms with Crippen LogP contribution in [0.25, 0.3) is 16.8 Å². The lowest BCUT2D eigenvalue weighted by molar-refractivity contribution is -0.116. The Balaban J connectivity index is 1.36. The number of benzene rings is 5. The molecule has 5 aromatic carbocycles. The van der Waals surface area contributed by atoms with Crippen molar-refractivity contribution >= 4 is 57.7 Å². The van der Waals surface area contributed by atoms with E-state index in [0.29, 0.717) is 17.7 Å². The molecule has 5 rings (SSSR count). The van der Waals surface area contributed by atoms with Crippen LogP contribution in [0, 0.1) is 13.8 Å². The molecule has 0 saturated heterocycles. The maximum atomic E-state index is 13.7. The van der Waals surface area contributed by atoms with Crippen molar-refractivity contribution in [3.8, 4) is 0 Å². The predicted molar refractivity (Wildman–Crippen MR) is 185 cm³/mol. The van der Waals surface area contributed by atoms with Crippen molar-refractivity contribution in [2.75, 3.05) is 10.6 Å². The Morgan fingerprint density at radius 2 is 1.51 bits per heavy atom. The van der Waals surface area contributed by atoms with E-state index in [9.17, 15) is 14.4 Å². The molecule has 0 aliphatic rings. The molecule has 45 heavy (non-hydrogen) atoms. The quantitative estimate of drug-likeness (QED) is 0.109. The minimum absolute atomic E-state index is 0.0761. The summed E-state index contributed by atoms with van der Waals surface area (Å²) in [5, 5.41) is 10.5. The van der Waals surface area contributed by atoms with Crippen LogP contribution in [-0.2, 0) is 9.59 Å². The molecule has 0 radical (unpaired) electrons. The molecule has 0 heterocycles. The van der Waals surface area contributed by atoms with Crippen molar-refractivity contribution in [1.82, 2.24) is 5.32 Å². The molecule has 1 atom stereocenters. The number of carbonyl (C=O) groups excluding carboxylic acids is 3. The molecule has 0 fully saturated rings. The van der Waals surface area contributed by atoms with Gasteiger partial charge in [0.2, 0.25) is 5.91 Å². The molecule has 6 nitrogen and oxygen atoms in total. The Hall–Kier alpha value is -5.14. The van der Waals surface area contributed by atoms with Gasteiger partial charge in [0.1, 0.15) is 5.70 Å². The van der Waals surface area contributed by atoms with Crippen LogP contribution in [0.4, 0.5) is 11.4 Å². The highest BCUT2D eigenvalue weighted by Crippen LogP contribution is 2.29. The fourth-order valence-corrected chi connectivity index (χ4v) is 5.99. The van der Waals surface area contributed by atoms with Gasteiger partial charge in [-0.3, -0.25) is 14.4 Å². The summed E-state index contributed by atoms with van der Waals surface area (Å²) in [7, 11) is 0. The van der Waals surface area contributed by atoms with Gasteiger partial charge in [0.25, 0.3) is 11.8 Å². The summed E-state index contributed by atoms with van der Waals surface area (Å²) < 4.78 is 0. The molecule has 7 heteroatoms. The van der Waals surface area contributed by atoms with Gasteiger partial charge in [-0.15, -0.1) is 11.8 Å². The van der Waals surface area contributed by atoms with Crippen LogP contribution >= 0.6 is 11.8 Å². The SMILES string of the molecule is CCC(Sc1cccc(NC(=O)/C(=C\c2cccc3ccccc23)NC(=O)c2ccccc2)c1)C(=O)Nc1ccc(C)cc1C. The zero-order valence-corrected chi connectivity index (χ0v) is 26.3. The third-order valence-corrected chi connectivity index (χ3v) is 8.68. The summed E-state index contributed by atoms with van der Waals surface area (Å²) in [6, 6.07) is 35.8. The molecule has 3 N–H and O–H groups in total. The zero-order valence-electron chi connectivity index (χ0n) is 25.5. The van der Waals surface area contributed by atoms with Gasteiger partial charge in [0.05, 0.1) is 5.25 Å². The minimum Gasteiger partial charge on any atom is -0.325 e. The van der Waals surface area contributed by atoms with Crippen molar-refractivity contribution in [3.05, 3.63) is 143 Å². The Bertz CT molecular complexity index is 1880. The molecule has 3 amide bonds. The first-order valence-electron chi connectivity index (χ1n) is 14.8. The first kappa shape index (κ1) is 31.3. The van der Waals surface area contributed by atoms with Crippen LogP contribution in [-0.4, -0.2) is 23.0 Å². The Labute approximate surface area is 268 Å². The second-order valence-electron chi connectivity index (χ2n) is 10.8. The van der Waals surface area contributed by atoms with Gasteiger partial charge in [0.15, 0.2) is 0 Å². The van der Waals surface area contributed by atoms with Gasteiger partial charge in [-0.05, 0) is 84.6 Å². The molecule has 0 spiro atoms. The maximum absolute atomic E-state index is 13.7. The zero-order chi connectivity index (χ0) is 31.8. The average molecular weight is 614 g/mol. The number of anilines is 2. The highest BCUT2D eigenvalue weighted by Gasteiger charge is 2.20. The lowest BCUT2D eigenvalue weighted by Crippen LogP contribution is -2.30. The number of hydrogen-bond acceptors (Lipinski definition) is 4. The summed E-state index contributed by atoms with van der Waals surface area (Å²) in [5.41, 5.74) is 4.85. The van der Waals surface area contributed by atoms with Crippen LogP contribution in [0.15, 0.2) is 126 Å². The number of carbonyl (C=O) groups is 3. The van der Waals surface area contributed by atoms with E-state index in [1.807, 2.05) is 106 Å². The number of fused-ring (bicyclic) bond motifs is 1. The number of rotatable bonds is 10. The van der Waals surface area contributed by atoms with Gasteiger partial charge in [-0.2, -0.15) is 0 Å². The molecule has 1 unspecified atom stereocenters. The van der Waals surface area contributed by atoms with E-state index in [1.165, 1.54) is 11.8 Å². The van der Waals surface area contributed by atoms with E-state index < -0.39 is 5.91 Å². The van der Waals surface area contributed by atoms with Crippen LogP contribution in [0.3, 0.4) is 0 Å². The van der Waals surface area contributed by atoms with E-state index in [1.54, 1.807) is 36.4 Å². The minimum atomic E-state index is -0.464. The van der Waals surface area contributed by atoms with Crippen molar-refractivity contribution in [2.45, 2.75) is 37.3 Å². The molecular weight excluding hydrogens is 579 g/mol. The maximum Gasteiger partial charge on any atom is 0.272 e. The topological polar surface area (TPSA) is 87.3 Å². The third kappa shape index (κ3) is 8.08. The third-order valence-electron chi connectivity index (χ3n) is 7.33. The van der Waals surface area contributed by atoms with Crippen LogP contribution in [0.5, 0.6) is 0 Å². The Kier molecular flexibility index (Phi) is 10.1. The standard InChI is InChI=1S/C38H35N3O3S/c1-4-35(38(44)40-33-21-20-25(2)22-26(33)3)45-31-18-11-17-30(24-31)39-37(43)34(41-36(42)28-13-6-5-7-14-28)23-29-16-10-15-27-12-8-9-19-32(27)29/h5-24,35H,4H2,1-3H3,(H,39,43)(H,40,44)(H,41,42)/b34-23+. The van der Waals surface area contributed by atoms with Crippen LogP contribution in [0.2, 0.25) is 0 Å². The lowest BCUT2D eigenvalue weighted by Gasteiger charge is -2.17. The number of aryl methyl sites for hydroxylation is 2. The molecule has 0 aromatic heterocycles. The van der Waals surface area contributed by atoms with E-state index in [4.69, 9.17) is 0 Å². The fourth-order valence-electron chi connectivity index (χ4n) is 4.97. The number of amides is 3. The molecule has 0 saturated carbocycles. The van der Waals surface area contributed by atoms with E-state index in [-0.39, 0.29) is 22.8 Å². The van der Waals surface area contributed by atoms with E-state index in [2.05, 4.69) is 16.0 Å². The summed E-state index contributed by atoms with van der Waals surface area (Å²) in [6.45, 7) is 5.98. The second kappa shape index (κ2) is 14.6. The van der Waals surface area contributed by atoms with Gasteiger partial charge >= 0.3 is 0 Å². The molecule has 0 aliphatic carbocycles. The van der Waals surface area contributed by atoms with Crippen LogP contribution in [0.1, 0.15) is 40.4 Å². The van der Waals surface area contributed by atoms with Crippen LogP contribution < -0.4 is 16.0 Å². The largest absolute Gasteiger partial charge is 0.325 e. The highest BCUT2D eigenvalue weighted by atomic mass is 32.2. The van der Waals surface area contributed by atoms with E-state index >= 15 is 0 Å². The lowest BCUT2D eigenvalue weighted by atomic mass is 10.0. The average Bonchev–Trinajstić information content (AvgIpc) is 3.05. The number of thioether (sulfide) groups is 1. The molecule has 5 aromatic rings. The normalized spacial score (nSPS) is 11.9. The first-order chi connectivity index (χ1) is 21.8. The van der Waals surface area contributed by atoms with Crippen molar-refractivity contribution in [1.29, 1.82) is 0 Å². The highest BCUT2D eigenvalue weighted by molar-refractivity contribution is 8.00. The second-order valence-corrected chi connectivity index (χ2v) is 12.0. The smallest absolute Gasteiger partial charge is 0.272 e. The summed E-state index contributed by atoms with van der Waals surface area (Å²) >= 11 is 1.44. The first-order valence-corrected chi connectivity index (χ1v) is 15.7.